The molecule has 2 unspecified atom stereocenters. The molecule has 1 aromatic rings. The van der Waals surface area contributed by atoms with Crippen molar-refractivity contribution in [1.29, 1.82) is 0 Å². The molecule has 1 rings (SSSR count). The molecule has 3 nitrogen and oxygen atoms in total. The van der Waals surface area contributed by atoms with Gasteiger partial charge in [-0.1, -0.05) is 25.5 Å². The van der Waals surface area contributed by atoms with Gasteiger partial charge in [-0.05, 0) is 44.9 Å². The minimum absolute atomic E-state index is 0.200. The van der Waals surface area contributed by atoms with E-state index >= 15 is 0 Å². The van der Waals surface area contributed by atoms with E-state index in [2.05, 4.69) is 31.3 Å². The molecule has 0 aliphatic heterocycles. The van der Waals surface area contributed by atoms with Crippen LogP contribution in [0.4, 0.5) is 0 Å². The number of hydrogen-bond acceptors (Lipinski definition) is 3. The summed E-state index contributed by atoms with van der Waals surface area (Å²) in [6.07, 6.45) is 1.81. The number of aliphatic hydroxyl groups is 1. The van der Waals surface area contributed by atoms with E-state index in [1.807, 2.05) is 26.0 Å². The Kier molecular flexibility index (Phi) is 6.89. The van der Waals surface area contributed by atoms with Crippen LogP contribution in [0.5, 0.6) is 5.75 Å². The minimum atomic E-state index is -0.254. The van der Waals surface area contributed by atoms with Crippen molar-refractivity contribution >= 4 is 0 Å². The van der Waals surface area contributed by atoms with E-state index in [0.29, 0.717) is 6.54 Å². The van der Waals surface area contributed by atoms with Crippen LogP contribution in [0.3, 0.4) is 0 Å². The Morgan fingerprint density at radius 3 is 2.32 bits per heavy atom. The van der Waals surface area contributed by atoms with E-state index in [1.165, 1.54) is 5.56 Å². The van der Waals surface area contributed by atoms with E-state index < -0.39 is 0 Å². The zero-order chi connectivity index (χ0) is 14.3. The molecule has 0 amide bonds. The maximum absolute atomic E-state index is 9.71. The SMILES string of the molecule is CCCC(O)CNC(C)c1ccc(OC(C)C)cc1. The Balaban J connectivity index is 2.46. The monoisotopic (exact) mass is 265 g/mol. The number of hydrogen-bond donors (Lipinski definition) is 2. The van der Waals surface area contributed by atoms with Gasteiger partial charge in [0.05, 0.1) is 12.2 Å². The van der Waals surface area contributed by atoms with Crippen LogP contribution in [0.2, 0.25) is 0 Å². The van der Waals surface area contributed by atoms with Gasteiger partial charge in [0.2, 0.25) is 0 Å². The van der Waals surface area contributed by atoms with Gasteiger partial charge in [-0.15, -0.1) is 0 Å². The van der Waals surface area contributed by atoms with E-state index in [4.69, 9.17) is 4.74 Å². The smallest absolute Gasteiger partial charge is 0.119 e. The predicted molar refractivity (Wildman–Crippen MR) is 79.5 cm³/mol. The van der Waals surface area contributed by atoms with Gasteiger partial charge in [0.1, 0.15) is 5.75 Å². The number of benzene rings is 1. The molecule has 108 valence electrons. The molecule has 0 spiro atoms. The summed E-state index contributed by atoms with van der Waals surface area (Å²) in [5.74, 6) is 0.900. The Labute approximate surface area is 117 Å². The first-order chi connectivity index (χ1) is 9.02. The number of rotatable bonds is 8. The second-order valence-corrected chi connectivity index (χ2v) is 5.31. The molecule has 0 radical (unpaired) electrons. The van der Waals surface area contributed by atoms with Gasteiger partial charge in [-0.3, -0.25) is 0 Å². The molecule has 0 heterocycles. The Bertz CT molecular complexity index is 348. The first-order valence-electron chi connectivity index (χ1n) is 7.21. The Hall–Kier alpha value is -1.06. The average molecular weight is 265 g/mol. The van der Waals surface area contributed by atoms with E-state index in [1.54, 1.807) is 0 Å². The lowest BCUT2D eigenvalue weighted by Crippen LogP contribution is -2.28. The van der Waals surface area contributed by atoms with Crippen molar-refractivity contribution in [3.05, 3.63) is 29.8 Å². The van der Waals surface area contributed by atoms with Crippen molar-refractivity contribution in [3.63, 3.8) is 0 Å². The molecule has 0 aliphatic carbocycles. The van der Waals surface area contributed by atoms with Crippen LogP contribution in [0.15, 0.2) is 24.3 Å². The quantitative estimate of drug-likeness (QED) is 0.758. The first-order valence-corrected chi connectivity index (χ1v) is 7.21. The maximum Gasteiger partial charge on any atom is 0.119 e. The normalized spacial score (nSPS) is 14.4. The standard InChI is InChI=1S/C16H27NO2/c1-5-6-15(18)11-17-13(4)14-7-9-16(10-8-14)19-12(2)3/h7-10,12-13,15,17-18H,5-6,11H2,1-4H3. The summed E-state index contributed by atoms with van der Waals surface area (Å²) in [6.45, 7) is 8.87. The number of ether oxygens (including phenoxy) is 1. The molecule has 0 saturated carbocycles. The van der Waals surface area contributed by atoms with Crippen LogP contribution < -0.4 is 10.1 Å². The van der Waals surface area contributed by atoms with Gasteiger partial charge in [-0.2, -0.15) is 0 Å². The Morgan fingerprint density at radius 2 is 1.79 bits per heavy atom. The molecular weight excluding hydrogens is 238 g/mol. The summed E-state index contributed by atoms with van der Waals surface area (Å²) in [5.41, 5.74) is 1.21. The molecule has 2 atom stereocenters. The zero-order valence-corrected chi connectivity index (χ0v) is 12.5. The number of aliphatic hydroxyl groups excluding tert-OH is 1. The molecule has 19 heavy (non-hydrogen) atoms. The van der Waals surface area contributed by atoms with Crippen molar-refractivity contribution in [2.75, 3.05) is 6.54 Å². The maximum atomic E-state index is 9.71. The van der Waals surface area contributed by atoms with Crippen LogP contribution in [-0.4, -0.2) is 23.9 Å². The van der Waals surface area contributed by atoms with Crippen LogP contribution in [-0.2, 0) is 0 Å². The third-order valence-electron chi connectivity index (χ3n) is 3.03. The van der Waals surface area contributed by atoms with Gasteiger partial charge in [-0.25, -0.2) is 0 Å². The van der Waals surface area contributed by atoms with Crippen molar-refractivity contribution in [2.24, 2.45) is 0 Å². The summed E-state index contributed by atoms with van der Waals surface area (Å²) in [7, 11) is 0. The highest BCUT2D eigenvalue weighted by atomic mass is 16.5. The summed E-state index contributed by atoms with van der Waals surface area (Å²) >= 11 is 0. The zero-order valence-electron chi connectivity index (χ0n) is 12.5. The lowest BCUT2D eigenvalue weighted by Gasteiger charge is -2.18. The first kappa shape index (κ1) is 16.0. The number of nitrogens with one attached hydrogen (secondary N) is 1. The van der Waals surface area contributed by atoms with Crippen LogP contribution >= 0.6 is 0 Å². The molecule has 0 saturated heterocycles. The topological polar surface area (TPSA) is 41.5 Å². The lowest BCUT2D eigenvalue weighted by molar-refractivity contribution is 0.157. The lowest BCUT2D eigenvalue weighted by atomic mass is 10.1. The fraction of sp³-hybridized carbons (Fsp3) is 0.625. The summed E-state index contributed by atoms with van der Waals surface area (Å²) in [6, 6.07) is 8.37. The van der Waals surface area contributed by atoms with Crippen molar-refractivity contribution in [1.82, 2.24) is 5.32 Å². The summed E-state index contributed by atoms with van der Waals surface area (Å²) in [4.78, 5) is 0. The molecule has 0 bridgehead atoms. The van der Waals surface area contributed by atoms with Gasteiger partial charge >= 0.3 is 0 Å². The van der Waals surface area contributed by atoms with Crippen LogP contribution in [0.25, 0.3) is 0 Å². The Morgan fingerprint density at radius 1 is 1.16 bits per heavy atom. The largest absolute Gasteiger partial charge is 0.491 e. The third-order valence-corrected chi connectivity index (χ3v) is 3.03. The van der Waals surface area contributed by atoms with Crippen molar-refractivity contribution < 1.29 is 9.84 Å². The van der Waals surface area contributed by atoms with E-state index in [0.717, 1.165) is 18.6 Å². The highest BCUT2D eigenvalue weighted by molar-refractivity contribution is 5.29. The molecule has 1 aromatic carbocycles. The highest BCUT2D eigenvalue weighted by Gasteiger charge is 2.08. The predicted octanol–water partition coefficient (Wildman–Crippen LogP) is 3.29. The van der Waals surface area contributed by atoms with Gasteiger partial charge < -0.3 is 15.2 Å². The van der Waals surface area contributed by atoms with Gasteiger partial charge in [0, 0.05) is 12.6 Å². The molecule has 0 aliphatic rings. The van der Waals surface area contributed by atoms with E-state index in [-0.39, 0.29) is 18.2 Å². The fourth-order valence-electron chi connectivity index (χ4n) is 1.97. The van der Waals surface area contributed by atoms with E-state index in [9.17, 15) is 5.11 Å². The molecule has 0 aromatic heterocycles. The molecule has 2 N–H and O–H groups in total. The molecule has 0 fully saturated rings. The van der Waals surface area contributed by atoms with Gasteiger partial charge in [0.15, 0.2) is 0 Å². The van der Waals surface area contributed by atoms with Crippen LogP contribution in [0, 0.1) is 0 Å². The van der Waals surface area contributed by atoms with Crippen molar-refractivity contribution in [2.45, 2.75) is 58.8 Å². The van der Waals surface area contributed by atoms with Crippen LogP contribution in [0.1, 0.15) is 52.1 Å². The van der Waals surface area contributed by atoms with Crippen molar-refractivity contribution in [3.8, 4) is 5.75 Å². The fourth-order valence-corrected chi connectivity index (χ4v) is 1.97. The van der Waals surface area contributed by atoms with Gasteiger partial charge in [0.25, 0.3) is 0 Å². The summed E-state index contributed by atoms with van der Waals surface area (Å²) in [5, 5.41) is 13.1. The second-order valence-electron chi connectivity index (χ2n) is 5.31. The molecular formula is C16H27NO2. The minimum Gasteiger partial charge on any atom is -0.491 e. The third kappa shape index (κ3) is 6.08. The summed E-state index contributed by atoms with van der Waals surface area (Å²) < 4.78 is 5.62. The highest BCUT2D eigenvalue weighted by Crippen LogP contribution is 2.18. The second kappa shape index (κ2) is 8.18. The average Bonchev–Trinajstić information content (AvgIpc) is 2.36. The molecule has 3 heteroatoms.